The zero-order valence-corrected chi connectivity index (χ0v) is 14.7. The van der Waals surface area contributed by atoms with Crippen LogP contribution in [0.1, 0.15) is 38.7 Å². The molecular weight excluding hydrogens is 312 g/mol. The SMILES string of the molecule is C[C@@H]1CN(S(=O)(=O)NCC2(c3ccccc3)CCC2)C[C@H](C)O1. The van der Waals surface area contributed by atoms with Gasteiger partial charge in [0.15, 0.2) is 0 Å². The Bertz CT molecular complexity index is 618. The first-order valence-electron chi connectivity index (χ1n) is 8.37. The Morgan fingerprint density at radius 3 is 2.30 bits per heavy atom. The minimum absolute atomic E-state index is 0.0438. The second-order valence-electron chi connectivity index (χ2n) is 6.90. The Labute approximate surface area is 139 Å². The van der Waals surface area contributed by atoms with Crippen LogP contribution in [0.15, 0.2) is 30.3 Å². The molecule has 1 saturated carbocycles. The lowest BCUT2D eigenvalue weighted by Gasteiger charge is -2.43. The molecule has 3 rings (SSSR count). The van der Waals surface area contributed by atoms with Gasteiger partial charge in [0.05, 0.1) is 12.2 Å². The van der Waals surface area contributed by atoms with E-state index < -0.39 is 10.2 Å². The van der Waals surface area contributed by atoms with Crippen molar-refractivity contribution in [1.29, 1.82) is 0 Å². The van der Waals surface area contributed by atoms with Crippen molar-refractivity contribution >= 4 is 10.2 Å². The Morgan fingerprint density at radius 1 is 1.17 bits per heavy atom. The maximum Gasteiger partial charge on any atom is 0.279 e. The number of hydrogen-bond donors (Lipinski definition) is 1. The van der Waals surface area contributed by atoms with E-state index in [1.54, 1.807) is 0 Å². The molecule has 0 spiro atoms. The molecule has 1 N–H and O–H groups in total. The van der Waals surface area contributed by atoms with Crippen LogP contribution in [0.25, 0.3) is 0 Å². The van der Waals surface area contributed by atoms with Crippen molar-refractivity contribution in [3.8, 4) is 0 Å². The zero-order valence-electron chi connectivity index (χ0n) is 13.9. The average Bonchev–Trinajstić information content (AvgIpc) is 2.46. The molecule has 6 heteroatoms. The molecule has 1 aliphatic heterocycles. The van der Waals surface area contributed by atoms with Crippen LogP contribution in [0.5, 0.6) is 0 Å². The van der Waals surface area contributed by atoms with Gasteiger partial charge < -0.3 is 4.74 Å². The lowest BCUT2D eigenvalue weighted by molar-refractivity contribution is -0.0444. The van der Waals surface area contributed by atoms with Gasteiger partial charge >= 0.3 is 0 Å². The predicted molar refractivity (Wildman–Crippen MR) is 90.5 cm³/mol. The highest BCUT2D eigenvalue weighted by molar-refractivity contribution is 7.87. The van der Waals surface area contributed by atoms with E-state index in [1.807, 2.05) is 32.0 Å². The summed E-state index contributed by atoms with van der Waals surface area (Å²) >= 11 is 0. The fraction of sp³-hybridized carbons (Fsp3) is 0.647. The van der Waals surface area contributed by atoms with Crippen LogP contribution in [0.2, 0.25) is 0 Å². The third-order valence-electron chi connectivity index (χ3n) is 5.02. The van der Waals surface area contributed by atoms with Crippen LogP contribution in [-0.2, 0) is 20.4 Å². The van der Waals surface area contributed by atoms with Gasteiger partial charge in [0.25, 0.3) is 10.2 Å². The van der Waals surface area contributed by atoms with Gasteiger partial charge in [0, 0.05) is 25.0 Å². The van der Waals surface area contributed by atoms with E-state index in [9.17, 15) is 8.42 Å². The number of nitrogens with zero attached hydrogens (tertiary/aromatic N) is 1. The second-order valence-corrected chi connectivity index (χ2v) is 8.66. The van der Waals surface area contributed by atoms with Crippen molar-refractivity contribution in [3.63, 3.8) is 0 Å². The topological polar surface area (TPSA) is 58.6 Å². The monoisotopic (exact) mass is 338 g/mol. The standard InChI is InChI=1S/C17H26N2O3S/c1-14-11-19(12-15(2)22-14)23(20,21)18-13-17(9-6-10-17)16-7-4-3-5-8-16/h3-5,7-8,14-15,18H,6,9-13H2,1-2H3/t14-,15+. The smallest absolute Gasteiger partial charge is 0.279 e. The van der Waals surface area contributed by atoms with Gasteiger partial charge in [0.2, 0.25) is 0 Å². The summed E-state index contributed by atoms with van der Waals surface area (Å²) in [5, 5.41) is 0. The molecular formula is C17H26N2O3S. The lowest BCUT2D eigenvalue weighted by atomic mass is 9.64. The molecule has 1 aliphatic carbocycles. The highest BCUT2D eigenvalue weighted by Gasteiger charge is 2.40. The van der Waals surface area contributed by atoms with E-state index >= 15 is 0 Å². The Morgan fingerprint density at radius 2 is 1.78 bits per heavy atom. The summed E-state index contributed by atoms with van der Waals surface area (Å²) in [4.78, 5) is 0. The van der Waals surface area contributed by atoms with E-state index in [2.05, 4.69) is 16.9 Å². The summed E-state index contributed by atoms with van der Waals surface area (Å²) in [5.74, 6) is 0. The quantitative estimate of drug-likeness (QED) is 0.894. The third kappa shape index (κ3) is 3.60. The van der Waals surface area contributed by atoms with E-state index in [-0.39, 0.29) is 17.6 Å². The van der Waals surface area contributed by atoms with Gasteiger partial charge in [0.1, 0.15) is 0 Å². The molecule has 5 nitrogen and oxygen atoms in total. The zero-order chi connectivity index (χ0) is 16.5. The molecule has 2 aliphatic rings. The van der Waals surface area contributed by atoms with Gasteiger partial charge in [-0.05, 0) is 32.3 Å². The minimum atomic E-state index is -3.46. The molecule has 0 amide bonds. The third-order valence-corrected chi connectivity index (χ3v) is 6.50. The Kier molecular flexibility index (Phi) is 4.78. The first kappa shape index (κ1) is 16.9. The summed E-state index contributed by atoms with van der Waals surface area (Å²) in [6.07, 6.45) is 3.09. The number of benzene rings is 1. The Hall–Kier alpha value is -0.950. The van der Waals surface area contributed by atoms with Gasteiger partial charge in [-0.2, -0.15) is 12.7 Å². The predicted octanol–water partition coefficient (Wildman–Crippen LogP) is 2.05. The maximum atomic E-state index is 12.7. The molecule has 1 aromatic carbocycles. The van der Waals surface area contributed by atoms with Crippen LogP contribution in [0.3, 0.4) is 0 Å². The van der Waals surface area contributed by atoms with E-state index in [1.165, 1.54) is 9.87 Å². The summed E-state index contributed by atoms with van der Waals surface area (Å²) in [6.45, 7) is 5.13. The molecule has 1 aromatic rings. The highest BCUT2D eigenvalue weighted by atomic mass is 32.2. The molecule has 0 bridgehead atoms. The van der Waals surface area contributed by atoms with Crippen LogP contribution in [0, 0.1) is 0 Å². The number of ether oxygens (including phenoxy) is 1. The molecule has 0 aromatic heterocycles. The van der Waals surface area contributed by atoms with Gasteiger partial charge in [-0.1, -0.05) is 36.8 Å². The first-order valence-corrected chi connectivity index (χ1v) is 9.81. The van der Waals surface area contributed by atoms with Crippen LogP contribution < -0.4 is 4.72 Å². The summed E-state index contributed by atoms with van der Waals surface area (Å²) in [5.41, 5.74) is 1.19. The molecule has 128 valence electrons. The minimum Gasteiger partial charge on any atom is -0.373 e. The van der Waals surface area contributed by atoms with Crippen LogP contribution >= 0.6 is 0 Å². The largest absolute Gasteiger partial charge is 0.373 e. The molecule has 2 fully saturated rings. The molecule has 1 saturated heterocycles. The molecule has 1 heterocycles. The highest BCUT2D eigenvalue weighted by Crippen LogP contribution is 2.43. The lowest BCUT2D eigenvalue weighted by Crippen LogP contribution is -2.54. The van der Waals surface area contributed by atoms with Crippen molar-refractivity contribution in [2.24, 2.45) is 0 Å². The normalized spacial score (nSPS) is 28.3. The van der Waals surface area contributed by atoms with Gasteiger partial charge in [-0.15, -0.1) is 0 Å². The number of hydrogen-bond acceptors (Lipinski definition) is 3. The summed E-state index contributed by atoms with van der Waals surface area (Å²) < 4.78 is 35.3. The molecule has 2 atom stereocenters. The van der Waals surface area contributed by atoms with Crippen molar-refractivity contribution in [2.45, 2.75) is 50.7 Å². The fourth-order valence-corrected chi connectivity index (χ4v) is 5.06. The van der Waals surface area contributed by atoms with Crippen molar-refractivity contribution in [1.82, 2.24) is 9.03 Å². The summed E-state index contributed by atoms with van der Waals surface area (Å²) in [7, 11) is -3.46. The van der Waals surface area contributed by atoms with Crippen molar-refractivity contribution in [3.05, 3.63) is 35.9 Å². The first-order chi connectivity index (χ1) is 10.9. The van der Waals surface area contributed by atoms with E-state index in [4.69, 9.17) is 4.74 Å². The van der Waals surface area contributed by atoms with Gasteiger partial charge in [-0.25, -0.2) is 4.72 Å². The summed E-state index contributed by atoms with van der Waals surface area (Å²) in [6, 6.07) is 10.2. The molecule has 0 radical (unpaired) electrons. The molecule has 23 heavy (non-hydrogen) atoms. The van der Waals surface area contributed by atoms with E-state index in [0.717, 1.165) is 19.3 Å². The van der Waals surface area contributed by atoms with Crippen molar-refractivity contribution in [2.75, 3.05) is 19.6 Å². The Balaban J connectivity index is 1.69. The second kappa shape index (κ2) is 6.51. The number of rotatable bonds is 5. The van der Waals surface area contributed by atoms with Gasteiger partial charge in [-0.3, -0.25) is 0 Å². The van der Waals surface area contributed by atoms with E-state index in [0.29, 0.717) is 19.6 Å². The number of nitrogens with one attached hydrogen (secondary N) is 1. The van der Waals surface area contributed by atoms with Crippen molar-refractivity contribution < 1.29 is 13.2 Å². The molecule has 0 unspecified atom stereocenters. The maximum absolute atomic E-state index is 12.7. The van der Waals surface area contributed by atoms with Crippen LogP contribution in [0.4, 0.5) is 0 Å². The average molecular weight is 338 g/mol. The van der Waals surface area contributed by atoms with Crippen LogP contribution in [-0.4, -0.2) is 44.6 Å². The fourth-order valence-electron chi connectivity index (χ4n) is 3.61. The number of morpholine rings is 1.